The first-order chi connectivity index (χ1) is 11.0. The first kappa shape index (κ1) is 14.7. The van der Waals surface area contributed by atoms with Crippen molar-refractivity contribution in [3.05, 3.63) is 81.4 Å². The van der Waals surface area contributed by atoms with Crippen LogP contribution in [-0.2, 0) is 0 Å². The summed E-state index contributed by atoms with van der Waals surface area (Å²) in [6.45, 7) is 9.77. The SMILES string of the molecule is CC1=CC2C=CC=CC2=C1[Si](C)(C)C1=c2ccccc2=CC1C. The zero-order chi connectivity index (χ0) is 16.2. The van der Waals surface area contributed by atoms with E-state index in [2.05, 4.69) is 87.7 Å². The lowest BCUT2D eigenvalue weighted by Crippen LogP contribution is -2.39. The Labute approximate surface area is 139 Å². The fourth-order valence-corrected chi connectivity index (χ4v) is 9.35. The lowest BCUT2D eigenvalue weighted by Gasteiger charge is -2.32. The maximum atomic E-state index is 2.54. The first-order valence-electron chi connectivity index (χ1n) is 8.60. The number of rotatable bonds is 2. The highest BCUT2D eigenvalue weighted by atomic mass is 28.3. The molecule has 3 aliphatic carbocycles. The topological polar surface area (TPSA) is 0 Å². The van der Waals surface area contributed by atoms with Gasteiger partial charge in [-0.2, -0.15) is 0 Å². The quantitative estimate of drug-likeness (QED) is 0.722. The minimum absolute atomic E-state index is 0.498. The summed E-state index contributed by atoms with van der Waals surface area (Å²) in [5.74, 6) is 1.05. The molecule has 0 aliphatic heterocycles. The summed E-state index contributed by atoms with van der Waals surface area (Å²) >= 11 is 0. The van der Waals surface area contributed by atoms with E-state index in [9.17, 15) is 0 Å². The molecule has 0 spiro atoms. The molecule has 0 N–H and O–H groups in total. The summed E-state index contributed by atoms with van der Waals surface area (Å²) in [5, 5.41) is 6.29. The normalized spacial score (nSPS) is 25.4. The van der Waals surface area contributed by atoms with Gasteiger partial charge in [0.15, 0.2) is 0 Å². The fourth-order valence-electron chi connectivity index (χ4n) is 4.91. The van der Waals surface area contributed by atoms with Gasteiger partial charge in [0.05, 0.1) is 0 Å². The molecule has 1 aromatic carbocycles. The van der Waals surface area contributed by atoms with Crippen LogP contribution < -0.4 is 10.4 Å². The van der Waals surface area contributed by atoms with Gasteiger partial charge in [0.25, 0.3) is 0 Å². The fraction of sp³-hybridized carbons (Fsp3) is 0.273. The van der Waals surface area contributed by atoms with Gasteiger partial charge in [-0.15, -0.1) is 0 Å². The number of allylic oxidation sites excluding steroid dienone is 8. The molecule has 0 saturated heterocycles. The van der Waals surface area contributed by atoms with Crippen LogP contribution in [0.3, 0.4) is 0 Å². The van der Waals surface area contributed by atoms with Crippen LogP contribution in [0.5, 0.6) is 0 Å². The zero-order valence-electron chi connectivity index (χ0n) is 14.4. The molecule has 4 rings (SSSR count). The molecule has 2 atom stereocenters. The van der Waals surface area contributed by atoms with Crippen molar-refractivity contribution in [2.24, 2.45) is 11.8 Å². The molecule has 0 fully saturated rings. The molecule has 0 amide bonds. The van der Waals surface area contributed by atoms with Gasteiger partial charge in [0, 0.05) is 5.92 Å². The van der Waals surface area contributed by atoms with Crippen molar-refractivity contribution in [1.82, 2.24) is 0 Å². The Bertz CT molecular complexity index is 919. The van der Waals surface area contributed by atoms with E-state index in [0.29, 0.717) is 11.8 Å². The largest absolute Gasteiger partial charge is 0.109 e. The average Bonchev–Trinajstić information content (AvgIpc) is 3.02. The Kier molecular flexibility index (Phi) is 3.24. The highest BCUT2D eigenvalue weighted by Crippen LogP contribution is 2.43. The second-order valence-electron chi connectivity index (χ2n) is 7.53. The number of hydrogen-bond donors (Lipinski definition) is 0. The third-order valence-electron chi connectivity index (χ3n) is 5.61. The Balaban J connectivity index is 1.97. The molecule has 0 saturated carbocycles. The predicted molar refractivity (Wildman–Crippen MR) is 103 cm³/mol. The number of benzene rings is 1. The van der Waals surface area contributed by atoms with Crippen molar-refractivity contribution in [3.8, 4) is 0 Å². The second-order valence-corrected chi connectivity index (χ2v) is 11.8. The van der Waals surface area contributed by atoms with Gasteiger partial charge in [-0.3, -0.25) is 0 Å². The number of hydrogen-bond acceptors (Lipinski definition) is 0. The van der Waals surface area contributed by atoms with Gasteiger partial charge in [-0.1, -0.05) is 91.5 Å². The van der Waals surface area contributed by atoms with Crippen molar-refractivity contribution in [3.63, 3.8) is 0 Å². The maximum absolute atomic E-state index is 2.54. The van der Waals surface area contributed by atoms with E-state index in [1.807, 2.05) is 0 Å². The summed E-state index contributed by atoms with van der Waals surface area (Å²) in [7, 11) is -1.71. The van der Waals surface area contributed by atoms with Crippen LogP contribution in [0, 0.1) is 11.8 Å². The lowest BCUT2D eigenvalue weighted by molar-refractivity contribution is 1.01. The van der Waals surface area contributed by atoms with Crippen LogP contribution in [0.1, 0.15) is 13.8 Å². The molecule has 0 radical (unpaired) electrons. The average molecular weight is 317 g/mol. The predicted octanol–water partition coefficient (Wildman–Crippen LogP) is 4.05. The van der Waals surface area contributed by atoms with Crippen LogP contribution >= 0.6 is 0 Å². The summed E-state index contributed by atoms with van der Waals surface area (Å²) in [5.41, 5.74) is 3.05. The smallest absolute Gasteiger partial charge is 0.0732 e. The van der Waals surface area contributed by atoms with Crippen molar-refractivity contribution in [2.45, 2.75) is 26.9 Å². The van der Waals surface area contributed by atoms with E-state index >= 15 is 0 Å². The van der Waals surface area contributed by atoms with Crippen molar-refractivity contribution in [2.75, 3.05) is 0 Å². The molecule has 0 aromatic heterocycles. The van der Waals surface area contributed by atoms with Crippen LogP contribution in [0.15, 0.2) is 71.0 Å². The van der Waals surface area contributed by atoms with Gasteiger partial charge in [0.1, 0.15) is 8.07 Å². The highest BCUT2D eigenvalue weighted by Gasteiger charge is 2.39. The molecule has 1 heteroatoms. The monoisotopic (exact) mass is 316 g/mol. The molecule has 3 aliphatic rings. The standard InChI is InChI=1S/C22H24Si/c1-15-13-17-9-5-7-11-19(17)21(15)23(3,4)22-16(2)14-18-10-6-8-12-20(18)22/h5-15,18H,1-4H3. The van der Waals surface area contributed by atoms with E-state index in [4.69, 9.17) is 0 Å². The molecule has 0 bridgehead atoms. The molecular weight excluding hydrogens is 292 g/mol. The first-order valence-corrected chi connectivity index (χ1v) is 11.6. The Hall–Kier alpha value is -1.86. The number of fused-ring (bicyclic) bond motifs is 2. The van der Waals surface area contributed by atoms with Crippen molar-refractivity contribution >= 4 is 19.3 Å². The Morgan fingerprint density at radius 1 is 1.00 bits per heavy atom. The molecule has 1 aromatic rings. The van der Waals surface area contributed by atoms with Gasteiger partial charge in [-0.05, 0) is 34.0 Å². The lowest BCUT2D eigenvalue weighted by atomic mass is 9.98. The molecule has 23 heavy (non-hydrogen) atoms. The van der Waals surface area contributed by atoms with Crippen LogP contribution in [-0.4, -0.2) is 8.07 Å². The summed E-state index contributed by atoms with van der Waals surface area (Å²) in [4.78, 5) is 0. The van der Waals surface area contributed by atoms with E-state index in [1.54, 1.807) is 16.0 Å². The maximum Gasteiger partial charge on any atom is 0.109 e. The Morgan fingerprint density at radius 3 is 2.61 bits per heavy atom. The van der Waals surface area contributed by atoms with Gasteiger partial charge < -0.3 is 0 Å². The third-order valence-corrected chi connectivity index (χ3v) is 9.62. The van der Waals surface area contributed by atoms with Crippen molar-refractivity contribution < 1.29 is 0 Å². The van der Waals surface area contributed by atoms with Gasteiger partial charge in [-0.25, -0.2) is 0 Å². The molecule has 0 nitrogen and oxygen atoms in total. The van der Waals surface area contributed by atoms with Gasteiger partial charge >= 0.3 is 0 Å². The van der Waals surface area contributed by atoms with Crippen LogP contribution in [0.4, 0.5) is 0 Å². The molecule has 2 unspecified atom stereocenters. The zero-order valence-corrected chi connectivity index (χ0v) is 15.4. The van der Waals surface area contributed by atoms with E-state index in [1.165, 1.54) is 16.0 Å². The molecule has 0 heterocycles. The summed E-state index contributed by atoms with van der Waals surface area (Å²) in [6.07, 6.45) is 14.0. The minimum Gasteiger partial charge on any atom is -0.0732 e. The van der Waals surface area contributed by atoms with E-state index in [-0.39, 0.29) is 0 Å². The van der Waals surface area contributed by atoms with Crippen molar-refractivity contribution in [1.29, 1.82) is 0 Å². The third kappa shape index (κ3) is 2.10. The molecular formula is C22H24Si. The minimum atomic E-state index is -1.71. The van der Waals surface area contributed by atoms with Gasteiger partial charge in [0.2, 0.25) is 0 Å². The van der Waals surface area contributed by atoms with E-state index < -0.39 is 8.07 Å². The van der Waals surface area contributed by atoms with E-state index in [0.717, 1.165) is 0 Å². The molecule has 116 valence electrons. The Morgan fingerprint density at radius 2 is 1.78 bits per heavy atom. The highest BCUT2D eigenvalue weighted by molar-refractivity contribution is 7.00. The van der Waals surface area contributed by atoms with Crippen LogP contribution in [0.25, 0.3) is 11.3 Å². The second kappa shape index (κ2) is 5.07. The summed E-state index contributed by atoms with van der Waals surface area (Å²) in [6, 6.07) is 8.94. The van der Waals surface area contributed by atoms with Crippen LogP contribution in [0.2, 0.25) is 13.1 Å². The summed E-state index contributed by atoms with van der Waals surface area (Å²) < 4.78 is 0.